The van der Waals surface area contributed by atoms with Gasteiger partial charge in [-0.25, -0.2) is 0 Å². The number of allylic oxidation sites excluding steroid dienone is 4. The van der Waals surface area contributed by atoms with Crippen LogP contribution < -0.4 is 10.6 Å². The molecule has 0 saturated heterocycles. The Hall–Kier alpha value is -5.27. The van der Waals surface area contributed by atoms with Gasteiger partial charge in [0.25, 0.3) is 0 Å². The summed E-state index contributed by atoms with van der Waals surface area (Å²) in [6.07, 6.45) is 8.31. The van der Waals surface area contributed by atoms with Crippen LogP contribution in [0.3, 0.4) is 0 Å². The average Bonchev–Trinajstić information content (AvgIpc) is 3.03. The molecule has 0 bridgehead atoms. The van der Waals surface area contributed by atoms with Crippen molar-refractivity contribution in [2.45, 2.75) is 13.8 Å². The normalized spacial score (nSPS) is 11.8. The molecule has 6 aromatic rings. The van der Waals surface area contributed by atoms with Gasteiger partial charge in [-0.1, -0.05) is 135 Å². The van der Waals surface area contributed by atoms with Crippen LogP contribution in [0.4, 0.5) is 0 Å². The van der Waals surface area contributed by atoms with E-state index in [4.69, 9.17) is 0 Å². The van der Waals surface area contributed by atoms with Crippen molar-refractivity contribution < 1.29 is 0 Å². The van der Waals surface area contributed by atoms with Gasteiger partial charge < -0.3 is 0 Å². The van der Waals surface area contributed by atoms with Crippen LogP contribution >= 0.6 is 0 Å². The minimum Gasteiger partial charge on any atom is -0.257 e. The van der Waals surface area contributed by atoms with Crippen molar-refractivity contribution in [3.63, 3.8) is 0 Å². The summed E-state index contributed by atoms with van der Waals surface area (Å²) in [4.78, 5) is 4.66. The molecule has 1 aromatic heterocycles. The monoisotopic (exact) mass is 539 g/mol. The van der Waals surface area contributed by atoms with Gasteiger partial charge in [0.2, 0.25) is 0 Å². The van der Waals surface area contributed by atoms with E-state index in [1.54, 1.807) is 6.20 Å². The Bertz CT molecular complexity index is 2140. The highest BCUT2D eigenvalue weighted by Crippen LogP contribution is 2.41. The van der Waals surface area contributed by atoms with Gasteiger partial charge in [0.05, 0.1) is 5.35 Å². The molecule has 0 aliphatic rings. The number of hydrogen-bond donors (Lipinski definition) is 0. The predicted molar refractivity (Wildman–Crippen MR) is 184 cm³/mol. The third kappa shape index (κ3) is 4.91. The van der Waals surface area contributed by atoms with Gasteiger partial charge in [-0.2, -0.15) is 0 Å². The van der Waals surface area contributed by atoms with Crippen LogP contribution in [0.2, 0.25) is 0 Å². The van der Waals surface area contributed by atoms with Gasteiger partial charge in [0.1, 0.15) is 0 Å². The lowest BCUT2D eigenvalue weighted by Gasteiger charge is -2.18. The first kappa shape index (κ1) is 26.9. The first-order valence-electron chi connectivity index (χ1n) is 14.3. The number of nitrogens with zero attached hydrogens (tertiary/aromatic N) is 1. The molecule has 1 heteroatoms. The minimum absolute atomic E-state index is 0.715. The quantitative estimate of drug-likeness (QED) is 0.160. The Morgan fingerprint density at radius 1 is 0.619 bits per heavy atom. The molecule has 0 amide bonds. The molecule has 0 unspecified atom stereocenters. The van der Waals surface area contributed by atoms with Gasteiger partial charge >= 0.3 is 0 Å². The Labute approximate surface area is 247 Å². The van der Waals surface area contributed by atoms with Crippen molar-refractivity contribution in [3.8, 4) is 22.3 Å². The second-order valence-corrected chi connectivity index (χ2v) is 10.4. The van der Waals surface area contributed by atoms with Crippen molar-refractivity contribution in [2.75, 3.05) is 0 Å². The Kier molecular flexibility index (Phi) is 7.49. The highest BCUT2D eigenvalue weighted by molar-refractivity contribution is 6.19. The van der Waals surface area contributed by atoms with Crippen LogP contribution in [0.25, 0.3) is 73.3 Å². The smallest absolute Gasteiger partial charge is 0.0636 e. The van der Waals surface area contributed by atoms with Crippen molar-refractivity contribution in [1.82, 2.24) is 4.98 Å². The van der Waals surface area contributed by atoms with Crippen molar-refractivity contribution in [1.29, 1.82) is 0 Å². The lowest BCUT2D eigenvalue weighted by atomic mass is 9.85. The molecule has 0 N–H and O–H groups in total. The molecule has 42 heavy (non-hydrogen) atoms. The van der Waals surface area contributed by atoms with E-state index >= 15 is 0 Å². The molecular weight excluding hydrogens is 506 g/mol. The summed E-state index contributed by atoms with van der Waals surface area (Å²) in [6.45, 7) is 13.0. The van der Waals surface area contributed by atoms with Crippen LogP contribution in [-0.4, -0.2) is 4.98 Å². The number of aromatic nitrogens is 1. The molecule has 0 spiro atoms. The largest absolute Gasteiger partial charge is 0.257 e. The topological polar surface area (TPSA) is 12.9 Å². The predicted octanol–water partition coefficient (Wildman–Crippen LogP) is 9.80. The van der Waals surface area contributed by atoms with Crippen molar-refractivity contribution in [2.24, 2.45) is 0 Å². The van der Waals surface area contributed by atoms with Crippen LogP contribution in [0.5, 0.6) is 0 Å². The summed E-state index contributed by atoms with van der Waals surface area (Å²) >= 11 is 0. The summed E-state index contributed by atoms with van der Waals surface area (Å²) in [5.41, 5.74) is 6.76. The molecule has 5 aromatic carbocycles. The second kappa shape index (κ2) is 11.7. The number of fused-ring (bicyclic) bond motifs is 3. The van der Waals surface area contributed by atoms with Crippen LogP contribution in [-0.2, 0) is 0 Å². The molecule has 0 atom stereocenters. The maximum Gasteiger partial charge on any atom is 0.0636 e. The van der Waals surface area contributed by atoms with E-state index in [1.165, 1.54) is 49.0 Å². The van der Waals surface area contributed by atoms with Gasteiger partial charge in [-0.3, -0.25) is 4.98 Å². The summed E-state index contributed by atoms with van der Waals surface area (Å²) in [6, 6.07) is 40.7. The van der Waals surface area contributed by atoms with E-state index in [9.17, 15) is 0 Å². The first-order chi connectivity index (χ1) is 20.6. The summed E-state index contributed by atoms with van der Waals surface area (Å²) in [5.74, 6) is 0. The number of hydrogen-bond acceptors (Lipinski definition) is 1. The molecule has 0 aliphatic heterocycles. The molecule has 0 fully saturated rings. The molecule has 1 heterocycles. The maximum absolute atomic E-state index is 4.66. The van der Waals surface area contributed by atoms with Gasteiger partial charge in [-0.05, 0) is 91.3 Å². The fourth-order valence-corrected chi connectivity index (χ4v) is 5.92. The molecule has 0 radical (unpaired) electrons. The standard InChI is InChI=1S/C41H33N/c1-5-14-30(6-2)40-36-18-9-11-20-38(36)41(39-21-12-10-19-37(39)40)34-24-25-35(29(4)42-26-13-15-28(34)3)33-23-22-31-16-7-8-17-32(31)27-33/h5-27H,3-4H2,1-2H3/b14-5-,15-13?,30-6+,34-24?,35-25?,42-26?. The average molecular weight is 540 g/mol. The summed E-state index contributed by atoms with van der Waals surface area (Å²) in [7, 11) is 0. The number of rotatable bonds is 4. The lowest BCUT2D eigenvalue weighted by molar-refractivity contribution is 1.28. The second-order valence-electron chi connectivity index (χ2n) is 10.4. The fraction of sp³-hybridized carbons (Fsp3) is 0.0488. The molecule has 202 valence electrons. The Morgan fingerprint density at radius 2 is 1.24 bits per heavy atom. The maximum atomic E-state index is 4.66. The lowest BCUT2D eigenvalue weighted by Crippen LogP contribution is -2.06. The van der Waals surface area contributed by atoms with E-state index in [0.29, 0.717) is 5.35 Å². The Balaban J connectivity index is 1.73. The van der Waals surface area contributed by atoms with Gasteiger partial charge in [0, 0.05) is 11.8 Å². The van der Waals surface area contributed by atoms with E-state index < -0.39 is 0 Å². The first-order valence-corrected chi connectivity index (χ1v) is 14.3. The molecular formula is C41H33N. The van der Waals surface area contributed by atoms with E-state index in [1.807, 2.05) is 12.1 Å². The van der Waals surface area contributed by atoms with E-state index in [-0.39, 0.29) is 0 Å². The van der Waals surface area contributed by atoms with Gasteiger partial charge in [0.15, 0.2) is 0 Å². The zero-order chi connectivity index (χ0) is 29.1. The zero-order valence-corrected chi connectivity index (χ0v) is 24.1. The fourth-order valence-electron chi connectivity index (χ4n) is 5.92. The summed E-state index contributed by atoms with van der Waals surface area (Å²) < 4.78 is 0. The van der Waals surface area contributed by atoms with Crippen molar-refractivity contribution in [3.05, 3.63) is 156 Å². The van der Waals surface area contributed by atoms with Crippen LogP contribution in [0.1, 0.15) is 19.4 Å². The van der Waals surface area contributed by atoms with Gasteiger partial charge in [-0.15, -0.1) is 0 Å². The SMILES string of the molecule is C=c1cccnc(=C)c(-c2ccc3ccccc3c2)ccc1-c1c2ccccc2c(C(/C=C\C)=C/C)c2ccccc12. The van der Waals surface area contributed by atoms with E-state index in [2.05, 4.69) is 153 Å². The third-order valence-electron chi connectivity index (χ3n) is 7.89. The zero-order valence-electron chi connectivity index (χ0n) is 24.1. The highest BCUT2D eigenvalue weighted by Gasteiger charge is 2.16. The number of benzene rings is 5. The van der Waals surface area contributed by atoms with E-state index in [0.717, 1.165) is 21.9 Å². The summed E-state index contributed by atoms with van der Waals surface area (Å²) in [5, 5.41) is 8.86. The molecule has 1 nitrogen and oxygen atoms in total. The Morgan fingerprint density at radius 3 is 1.90 bits per heavy atom. The molecule has 0 saturated carbocycles. The van der Waals surface area contributed by atoms with Crippen LogP contribution in [0, 0.1) is 0 Å². The minimum atomic E-state index is 0.715. The van der Waals surface area contributed by atoms with Crippen molar-refractivity contribution >= 4 is 51.0 Å². The molecule has 6 rings (SSSR count). The highest BCUT2D eigenvalue weighted by atomic mass is 14.6. The van der Waals surface area contributed by atoms with Crippen LogP contribution in [0.15, 0.2) is 140 Å². The third-order valence-corrected chi connectivity index (χ3v) is 7.89. The molecule has 0 aliphatic carbocycles.